The van der Waals surface area contributed by atoms with E-state index >= 15 is 0 Å². The van der Waals surface area contributed by atoms with Gasteiger partial charge in [0.15, 0.2) is 0 Å². The number of anilines is 2. The van der Waals surface area contributed by atoms with Crippen LogP contribution in [0.4, 0.5) is 11.5 Å². The van der Waals surface area contributed by atoms with Gasteiger partial charge >= 0.3 is 0 Å². The third kappa shape index (κ3) is 2.07. The minimum absolute atomic E-state index is 0.640. The Balaban J connectivity index is 2.08. The molecule has 2 heterocycles. The van der Waals surface area contributed by atoms with E-state index in [1.165, 1.54) is 0 Å². The Morgan fingerprint density at radius 2 is 2.27 bits per heavy atom. The summed E-state index contributed by atoms with van der Waals surface area (Å²) < 4.78 is 0. The van der Waals surface area contributed by atoms with Gasteiger partial charge in [-0.3, -0.25) is 5.10 Å². The van der Waals surface area contributed by atoms with Crippen molar-refractivity contribution < 1.29 is 0 Å². The molecule has 0 aromatic carbocycles. The van der Waals surface area contributed by atoms with Crippen LogP contribution < -0.4 is 11.1 Å². The van der Waals surface area contributed by atoms with Gasteiger partial charge in [-0.2, -0.15) is 5.10 Å². The lowest BCUT2D eigenvalue weighted by atomic mass is 10.2. The number of aryl methyl sites for hydroxylation is 1. The van der Waals surface area contributed by atoms with Gasteiger partial charge in [0.05, 0.1) is 17.9 Å². The molecule has 0 bridgehead atoms. The molecule has 78 valence electrons. The summed E-state index contributed by atoms with van der Waals surface area (Å²) in [6.07, 6.45) is 3.45. The van der Waals surface area contributed by atoms with Crippen LogP contribution in [0, 0.1) is 6.92 Å². The van der Waals surface area contributed by atoms with Crippen molar-refractivity contribution >= 4 is 11.5 Å². The molecule has 0 radical (unpaired) electrons. The molecule has 0 saturated carbocycles. The SMILES string of the molecule is Cc1ccnc(NCc2ccn[nH]2)c1N. The number of nitrogens with one attached hydrogen (secondary N) is 2. The fourth-order valence-corrected chi connectivity index (χ4v) is 1.27. The molecular weight excluding hydrogens is 190 g/mol. The van der Waals surface area contributed by atoms with Crippen LogP contribution in [0.2, 0.25) is 0 Å². The van der Waals surface area contributed by atoms with Gasteiger partial charge in [-0.15, -0.1) is 0 Å². The first-order valence-corrected chi connectivity index (χ1v) is 4.70. The van der Waals surface area contributed by atoms with Crippen LogP contribution >= 0.6 is 0 Å². The summed E-state index contributed by atoms with van der Waals surface area (Å²) in [5, 5.41) is 9.87. The van der Waals surface area contributed by atoms with Gasteiger partial charge in [-0.25, -0.2) is 4.98 Å². The fraction of sp³-hybridized carbons (Fsp3) is 0.200. The predicted octanol–water partition coefficient (Wildman–Crippen LogP) is 1.31. The highest BCUT2D eigenvalue weighted by Crippen LogP contribution is 2.18. The van der Waals surface area contributed by atoms with E-state index in [4.69, 9.17) is 5.73 Å². The summed E-state index contributed by atoms with van der Waals surface area (Å²) >= 11 is 0. The summed E-state index contributed by atoms with van der Waals surface area (Å²) in [4.78, 5) is 4.17. The van der Waals surface area contributed by atoms with Gasteiger partial charge in [0.1, 0.15) is 5.82 Å². The summed E-state index contributed by atoms with van der Waals surface area (Å²) in [6, 6.07) is 3.79. The number of nitrogen functional groups attached to an aromatic ring is 1. The Bertz CT molecular complexity index is 435. The summed E-state index contributed by atoms with van der Waals surface area (Å²) in [6.45, 7) is 2.60. The maximum atomic E-state index is 5.87. The zero-order valence-corrected chi connectivity index (χ0v) is 8.49. The van der Waals surface area contributed by atoms with Crippen molar-refractivity contribution in [1.29, 1.82) is 0 Å². The molecule has 2 aromatic rings. The van der Waals surface area contributed by atoms with Crippen LogP contribution in [0.25, 0.3) is 0 Å². The van der Waals surface area contributed by atoms with E-state index in [9.17, 15) is 0 Å². The molecule has 5 nitrogen and oxygen atoms in total. The molecule has 0 amide bonds. The highest BCUT2D eigenvalue weighted by molar-refractivity contribution is 5.64. The monoisotopic (exact) mass is 203 g/mol. The Kier molecular flexibility index (Phi) is 2.53. The van der Waals surface area contributed by atoms with Crippen LogP contribution in [0.5, 0.6) is 0 Å². The zero-order chi connectivity index (χ0) is 10.7. The van der Waals surface area contributed by atoms with Crippen molar-refractivity contribution in [1.82, 2.24) is 15.2 Å². The number of H-pyrrole nitrogens is 1. The van der Waals surface area contributed by atoms with Crippen LogP contribution in [-0.4, -0.2) is 15.2 Å². The number of aromatic nitrogens is 3. The minimum atomic E-state index is 0.640. The van der Waals surface area contributed by atoms with Gasteiger partial charge in [-0.1, -0.05) is 0 Å². The number of rotatable bonds is 3. The smallest absolute Gasteiger partial charge is 0.149 e. The van der Waals surface area contributed by atoms with E-state index in [1.807, 2.05) is 19.1 Å². The number of nitrogens with two attached hydrogens (primary N) is 1. The van der Waals surface area contributed by atoms with Crippen LogP contribution in [0.3, 0.4) is 0 Å². The number of pyridine rings is 1. The Labute approximate surface area is 87.7 Å². The topological polar surface area (TPSA) is 79.6 Å². The lowest BCUT2D eigenvalue weighted by Crippen LogP contribution is -2.05. The second-order valence-electron chi connectivity index (χ2n) is 3.33. The van der Waals surface area contributed by atoms with E-state index in [1.54, 1.807) is 12.4 Å². The van der Waals surface area contributed by atoms with Gasteiger partial charge in [0, 0.05) is 12.4 Å². The lowest BCUT2D eigenvalue weighted by Gasteiger charge is -2.08. The number of aromatic amines is 1. The standard InChI is InChI=1S/C10H13N5/c1-7-2-4-12-10(9(7)11)13-6-8-3-5-14-15-8/h2-5H,6,11H2,1H3,(H,12,13)(H,14,15). The molecule has 15 heavy (non-hydrogen) atoms. The second-order valence-corrected chi connectivity index (χ2v) is 3.33. The van der Waals surface area contributed by atoms with Crippen LogP contribution in [-0.2, 0) is 6.54 Å². The van der Waals surface area contributed by atoms with E-state index < -0.39 is 0 Å². The average molecular weight is 203 g/mol. The number of hydrogen-bond acceptors (Lipinski definition) is 4. The highest BCUT2D eigenvalue weighted by atomic mass is 15.1. The maximum Gasteiger partial charge on any atom is 0.149 e. The van der Waals surface area contributed by atoms with Gasteiger partial charge < -0.3 is 11.1 Å². The molecule has 0 aliphatic carbocycles. The van der Waals surface area contributed by atoms with Crippen molar-refractivity contribution in [3.8, 4) is 0 Å². The molecule has 0 unspecified atom stereocenters. The van der Waals surface area contributed by atoms with Crippen molar-refractivity contribution in [3.63, 3.8) is 0 Å². The molecule has 0 fully saturated rings. The fourth-order valence-electron chi connectivity index (χ4n) is 1.27. The van der Waals surface area contributed by atoms with E-state index in [2.05, 4.69) is 20.5 Å². The molecule has 4 N–H and O–H groups in total. The molecular formula is C10H13N5. The first kappa shape index (κ1) is 9.51. The summed E-state index contributed by atoms with van der Waals surface area (Å²) in [5.41, 5.74) is 8.59. The van der Waals surface area contributed by atoms with Gasteiger partial charge in [0.25, 0.3) is 0 Å². The van der Waals surface area contributed by atoms with Crippen LogP contribution in [0.1, 0.15) is 11.3 Å². The molecule has 2 aromatic heterocycles. The van der Waals surface area contributed by atoms with Crippen LogP contribution in [0.15, 0.2) is 24.5 Å². The third-order valence-corrected chi connectivity index (χ3v) is 2.21. The largest absolute Gasteiger partial charge is 0.396 e. The van der Waals surface area contributed by atoms with Crippen molar-refractivity contribution in [2.24, 2.45) is 0 Å². The molecule has 0 aliphatic rings. The first-order chi connectivity index (χ1) is 7.27. The lowest BCUT2D eigenvalue weighted by molar-refractivity contribution is 0.974. The van der Waals surface area contributed by atoms with E-state index in [0.717, 1.165) is 11.3 Å². The molecule has 5 heteroatoms. The minimum Gasteiger partial charge on any atom is -0.396 e. The summed E-state index contributed by atoms with van der Waals surface area (Å²) in [5.74, 6) is 0.713. The molecule has 0 atom stereocenters. The Morgan fingerprint density at radius 1 is 1.40 bits per heavy atom. The van der Waals surface area contributed by atoms with Gasteiger partial charge in [-0.05, 0) is 24.6 Å². The van der Waals surface area contributed by atoms with Crippen molar-refractivity contribution in [2.45, 2.75) is 13.5 Å². The average Bonchev–Trinajstić information content (AvgIpc) is 2.73. The molecule has 2 rings (SSSR count). The summed E-state index contributed by atoms with van der Waals surface area (Å²) in [7, 11) is 0. The second kappa shape index (κ2) is 4.00. The van der Waals surface area contributed by atoms with Crippen molar-refractivity contribution in [3.05, 3.63) is 35.8 Å². The quantitative estimate of drug-likeness (QED) is 0.702. The van der Waals surface area contributed by atoms with E-state index in [0.29, 0.717) is 18.1 Å². The van der Waals surface area contributed by atoms with E-state index in [-0.39, 0.29) is 0 Å². The Morgan fingerprint density at radius 3 is 3.00 bits per heavy atom. The van der Waals surface area contributed by atoms with Crippen molar-refractivity contribution in [2.75, 3.05) is 11.1 Å². The number of hydrogen-bond donors (Lipinski definition) is 3. The first-order valence-electron chi connectivity index (χ1n) is 4.70. The predicted molar refractivity (Wildman–Crippen MR) is 59.3 cm³/mol. The molecule has 0 aliphatic heterocycles. The number of nitrogens with zero attached hydrogens (tertiary/aromatic N) is 2. The molecule has 0 saturated heterocycles. The highest BCUT2D eigenvalue weighted by Gasteiger charge is 2.02. The Hall–Kier alpha value is -2.04. The maximum absolute atomic E-state index is 5.87. The van der Waals surface area contributed by atoms with Gasteiger partial charge in [0.2, 0.25) is 0 Å². The molecule has 0 spiro atoms. The third-order valence-electron chi connectivity index (χ3n) is 2.21. The zero-order valence-electron chi connectivity index (χ0n) is 8.49. The normalized spacial score (nSPS) is 10.2.